The number of carbonyl (C=O) groups excluding carboxylic acids is 4. The van der Waals surface area contributed by atoms with Crippen molar-refractivity contribution in [3.63, 3.8) is 0 Å². The number of rotatable bonds is 12. The van der Waals surface area contributed by atoms with Crippen molar-refractivity contribution in [2.75, 3.05) is 0 Å². The second kappa shape index (κ2) is 13.8. The van der Waals surface area contributed by atoms with Gasteiger partial charge in [0.05, 0.1) is 6.42 Å². The van der Waals surface area contributed by atoms with Crippen LogP contribution in [0.25, 0.3) is 0 Å². The third-order valence-corrected chi connectivity index (χ3v) is 5.83. The molecule has 4 unspecified atom stereocenters. The number of aryl methyl sites for hydroxylation is 1. The van der Waals surface area contributed by atoms with E-state index >= 15 is 0 Å². The summed E-state index contributed by atoms with van der Waals surface area (Å²) < 4.78 is 5.31. The summed E-state index contributed by atoms with van der Waals surface area (Å²) in [4.78, 5) is 53.5. The first-order chi connectivity index (χ1) is 16.7. The zero-order valence-electron chi connectivity index (χ0n) is 23.0. The van der Waals surface area contributed by atoms with Crippen LogP contribution in [0.4, 0.5) is 4.79 Å². The maximum atomic E-state index is 14.0. The van der Waals surface area contributed by atoms with Crippen molar-refractivity contribution in [3.8, 4) is 0 Å². The second-order valence-electron chi connectivity index (χ2n) is 10.3. The van der Waals surface area contributed by atoms with Crippen LogP contribution in [-0.4, -0.2) is 52.4 Å². The number of primary amides is 1. The quantitative estimate of drug-likeness (QED) is 0.399. The molecule has 1 aromatic carbocycles. The Morgan fingerprint density at radius 3 is 2.17 bits per heavy atom. The van der Waals surface area contributed by atoms with E-state index in [9.17, 15) is 19.2 Å². The molecule has 1 aromatic rings. The number of hydrogen-bond acceptors (Lipinski definition) is 5. The molecule has 0 bridgehead atoms. The molecule has 0 aliphatic rings. The van der Waals surface area contributed by atoms with Crippen molar-refractivity contribution in [2.24, 2.45) is 5.73 Å². The van der Waals surface area contributed by atoms with Gasteiger partial charge in [-0.1, -0.05) is 44.5 Å². The standard InChI is InChI=1S/C27H44N4O5/c1-9-13-18(4)29-24(33)23(20-15-12-11-14-17(20)3)31(19(5)10-2)25(34)21(16-22(28)32)30-26(35)36-27(6,7)8/h11-12,14-15,18-19,21,23H,9-10,13,16H2,1-8H3,(H2,28,32)(H,29,33)(H,30,35). The highest BCUT2D eigenvalue weighted by atomic mass is 16.6. The SMILES string of the molecule is CCCC(C)NC(=O)C(c1ccccc1C)N(C(=O)C(CC(N)=O)NC(=O)OC(C)(C)C)C(C)CC. The largest absolute Gasteiger partial charge is 0.444 e. The van der Waals surface area contributed by atoms with Gasteiger partial charge in [0.25, 0.3) is 0 Å². The van der Waals surface area contributed by atoms with Crippen molar-refractivity contribution in [1.29, 1.82) is 0 Å². The van der Waals surface area contributed by atoms with Gasteiger partial charge < -0.3 is 26.0 Å². The molecule has 4 N–H and O–H groups in total. The molecular formula is C27H44N4O5. The normalized spacial score (nSPS) is 14.7. The van der Waals surface area contributed by atoms with E-state index < -0.39 is 42.0 Å². The van der Waals surface area contributed by atoms with Crippen LogP contribution in [0.1, 0.15) is 91.3 Å². The Balaban J connectivity index is 3.56. The van der Waals surface area contributed by atoms with Crippen molar-refractivity contribution in [2.45, 2.75) is 111 Å². The molecule has 0 saturated carbocycles. The first-order valence-electron chi connectivity index (χ1n) is 12.7. The zero-order valence-corrected chi connectivity index (χ0v) is 23.0. The number of nitrogens with zero attached hydrogens (tertiary/aromatic N) is 1. The minimum Gasteiger partial charge on any atom is -0.444 e. The monoisotopic (exact) mass is 504 g/mol. The lowest BCUT2D eigenvalue weighted by atomic mass is 9.95. The van der Waals surface area contributed by atoms with Gasteiger partial charge in [0, 0.05) is 12.1 Å². The summed E-state index contributed by atoms with van der Waals surface area (Å²) in [6.45, 7) is 14.7. The fourth-order valence-corrected chi connectivity index (χ4v) is 3.96. The topological polar surface area (TPSA) is 131 Å². The fraction of sp³-hybridized carbons (Fsp3) is 0.630. The Kier molecular flexibility index (Phi) is 11.9. The van der Waals surface area contributed by atoms with Gasteiger partial charge in [0.1, 0.15) is 17.7 Å². The molecule has 0 radical (unpaired) electrons. The van der Waals surface area contributed by atoms with E-state index in [0.717, 1.165) is 18.4 Å². The lowest BCUT2D eigenvalue weighted by Gasteiger charge is -2.39. The lowest BCUT2D eigenvalue weighted by molar-refractivity contribution is -0.146. The summed E-state index contributed by atoms with van der Waals surface area (Å²) in [6, 6.07) is 4.64. The average molecular weight is 505 g/mol. The van der Waals surface area contributed by atoms with Crippen LogP contribution in [0.3, 0.4) is 0 Å². The number of nitrogens with two attached hydrogens (primary N) is 1. The number of carbonyl (C=O) groups is 4. The summed E-state index contributed by atoms with van der Waals surface area (Å²) in [5, 5.41) is 5.54. The number of hydrogen-bond donors (Lipinski definition) is 3. The molecule has 0 heterocycles. The minimum absolute atomic E-state index is 0.0933. The van der Waals surface area contributed by atoms with Gasteiger partial charge in [-0.2, -0.15) is 0 Å². The van der Waals surface area contributed by atoms with E-state index in [2.05, 4.69) is 10.6 Å². The Bertz CT molecular complexity index is 912. The highest BCUT2D eigenvalue weighted by molar-refractivity contribution is 5.95. The molecule has 0 aromatic heterocycles. The third-order valence-electron chi connectivity index (χ3n) is 5.83. The number of benzene rings is 1. The summed E-state index contributed by atoms with van der Waals surface area (Å²) in [6.07, 6.45) is 0.944. The van der Waals surface area contributed by atoms with Gasteiger partial charge in [-0.15, -0.1) is 0 Å². The Morgan fingerprint density at radius 1 is 1.06 bits per heavy atom. The van der Waals surface area contributed by atoms with Crippen LogP contribution >= 0.6 is 0 Å². The second-order valence-corrected chi connectivity index (χ2v) is 10.3. The predicted octanol–water partition coefficient (Wildman–Crippen LogP) is 3.74. The van der Waals surface area contributed by atoms with Crippen molar-refractivity contribution in [1.82, 2.24) is 15.5 Å². The lowest BCUT2D eigenvalue weighted by Crippen LogP contribution is -2.56. The van der Waals surface area contributed by atoms with Gasteiger partial charge in [0.15, 0.2) is 0 Å². The van der Waals surface area contributed by atoms with E-state index in [4.69, 9.17) is 10.5 Å². The van der Waals surface area contributed by atoms with Crippen LogP contribution < -0.4 is 16.4 Å². The fourth-order valence-electron chi connectivity index (χ4n) is 3.96. The number of alkyl carbamates (subject to hydrolysis) is 1. The van der Waals surface area contributed by atoms with Crippen LogP contribution in [0.5, 0.6) is 0 Å². The molecule has 36 heavy (non-hydrogen) atoms. The van der Waals surface area contributed by atoms with Crippen LogP contribution in [0, 0.1) is 6.92 Å². The summed E-state index contributed by atoms with van der Waals surface area (Å²) in [5.74, 6) is -1.67. The molecular weight excluding hydrogens is 460 g/mol. The van der Waals surface area contributed by atoms with Crippen LogP contribution in [-0.2, 0) is 19.1 Å². The molecule has 0 saturated heterocycles. The maximum Gasteiger partial charge on any atom is 0.408 e. The van der Waals surface area contributed by atoms with E-state index in [0.29, 0.717) is 12.0 Å². The third kappa shape index (κ3) is 9.51. The first kappa shape index (κ1) is 30.9. The number of ether oxygens (including phenoxy) is 1. The Morgan fingerprint density at radius 2 is 1.67 bits per heavy atom. The predicted molar refractivity (Wildman–Crippen MR) is 140 cm³/mol. The molecule has 0 spiro atoms. The zero-order chi connectivity index (χ0) is 27.6. The molecule has 0 aliphatic carbocycles. The van der Waals surface area contributed by atoms with E-state index in [1.165, 1.54) is 4.90 Å². The van der Waals surface area contributed by atoms with Gasteiger partial charge in [-0.05, 0) is 65.5 Å². The first-order valence-corrected chi connectivity index (χ1v) is 12.7. The van der Waals surface area contributed by atoms with Gasteiger partial charge >= 0.3 is 6.09 Å². The highest BCUT2D eigenvalue weighted by Gasteiger charge is 2.39. The Labute approximate surface area is 215 Å². The summed E-state index contributed by atoms with van der Waals surface area (Å²) >= 11 is 0. The van der Waals surface area contributed by atoms with Crippen molar-refractivity contribution < 1.29 is 23.9 Å². The van der Waals surface area contributed by atoms with E-state index in [1.807, 2.05) is 58.9 Å². The van der Waals surface area contributed by atoms with E-state index in [-0.39, 0.29) is 18.0 Å². The van der Waals surface area contributed by atoms with E-state index in [1.54, 1.807) is 20.8 Å². The molecule has 9 nitrogen and oxygen atoms in total. The van der Waals surface area contributed by atoms with Gasteiger partial charge in [-0.3, -0.25) is 14.4 Å². The molecule has 1 rings (SSSR count). The maximum absolute atomic E-state index is 14.0. The van der Waals surface area contributed by atoms with Crippen LogP contribution in [0.2, 0.25) is 0 Å². The molecule has 4 amide bonds. The molecule has 9 heteroatoms. The highest BCUT2D eigenvalue weighted by Crippen LogP contribution is 2.29. The summed E-state index contributed by atoms with van der Waals surface area (Å²) in [7, 11) is 0. The Hall–Kier alpha value is -3.10. The van der Waals surface area contributed by atoms with Crippen LogP contribution in [0.15, 0.2) is 24.3 Å². The number of nitrogens with one attached hydrogen (secondary N) is 2. The van der Waals surface area contributed by atoms with Gasteiger partial charge in [-0.25, -0.2) is 4.79 Å². The minimum atomic E-state index is -1.29. The molecule has 0 fully saturated rings. The van der Waals surface area contributed by atoms with Crippen molar-refractivity contribution in [3.05, 3.63) is 35.4 Å². The van der Waals surface area contributed by atoms with Gasteiger partial charge in [0.2, 0.25) is 17.7 Å². The average Bonchev–Trinajstić information content (AvgIpc) is 2.75. The number of amides is 4. The summed E-state index contributed by atoms with van der Waals surface area (Å²) in [5.41, 5.74) is 6.14. The molecule has 0 aliphatic heterocycles. The molecule has 202 valence electrons. The molecule has 4 atom stereocenters. The smallest absolute Gasteiger partial charge is 0.408 e. The van der Waals surface area contributed by atoms with Crippen molar-refractivity contribution >= 4 is 23.8 Å².